The van der Waals surface area contributed by atoms with Crippen LogP contribution in [0.4, 0.5) is 0 Å². The molecule has 0 N–H and O–H groups in total. The summed E-state index contributed by atoms with van der Waals surface area (Å²) >= 11 is 0. The summed E-state index contributed by atoms with van der Waals surface area (Å²) in [7, 11) is -1.08. The molecule has 0 heterocycles. The molecule has 164 valence electrons. The van der Waals surface area contributed by atoms with Crippen molar-refractivity contribution in [2.75, 3.05) is 18.5 Å². The first-order valence-electron chi connectivity index (χ1n) is 11.5. The van der Waals surface area contributed by atoms with Gasteiger partial charge in [-0.15, -0.1) is 0 Å². The smallest absolute Gasteiger partial charge is 0.0425 e. The average molecular weight is 459 g/mol. The van der Waals surface area contributed by atoms with E-state index >= 15 is 0 Å². The van der Waals surface area contributed by atoms with Crippen molar-refractivity contribution in [3.8, 4) is 0 Å². The Morgan fingerprint density at radius 1 is 0.933 bits per heavy atom. The van der Waals surface area contributed by atoms with Gasteiger partial charge in [-0.1, -0.05) is 107 Å². The second-order valence-corrected chi connectivity index (χ2v) is 11.5. The zero-order valence-corrected chi connectivity index (χ0v) is 22.0. The molecule has 2 rings (SSSR count). The van der Waals surface area contributed by atoms with E-state index in [1.54, 1.807) is 6.08 Å². The largest absolute Gasteiger partial charge is 0.272 e. The fourth-order valence-corrected chi connectivity index (χ4v) is 7.75. The Morgan fingerprint density at radius 2 is 1.50 bits per heavy atom. The zero-order chi connectivity index (χ0) is 21.2. The van der Waals surface area contributed by atoms with Crippen LogP contribution >= 0.6 is 7.05 Å². The normalized spacial score (nSPS) is 12.7. The third-order valence-electron chi connectivity index (χ3n) is 5.10. The van der Waals surface area contributed by atoms with E-state index in [0.29, 0.717) is 0 Å². The molecule has 0 aliphatic heterocycles. The van der Waals surface area contributed by atoms with Crippen molar-refractivity contribution < 1.29 is 21.7 Å². The average Bonchev–Trinajstić information content (AvgIpc) is 3.27. The molecule has 0 aromatic heterocycles. The van der Waals surface area contributed by atoms with Crippen LogP contribution in [-0.4, -0.2) is 18.5 Å². The maximum atomic E-state index is 5.33. The molecule has 0 amide bonds. The fourth-order valence-electron chi connectivity index (χ4n) is 3.37. The van der Waals surface area contributed by atoms with Gasteiger partial charge in [0.05, 0.1) is 0 Å². The van der Waals surface area contributed by atoms with Crippen LogP contribution in [0.3, 0.4) is 0 Å². The summed E-state index contributed by atoms with van der Waals surface area (Å²) in [6.07, 6.45) is 25.7. The molecule has 0 radical (unpaired) electrons. The second kappa shape index (κ2) is 18.9. The summed E-state index contributed by atoms with van der Waals surface area (Å²) in [5.74, 6) is 0. The van der Waals surface area contributed by atoms with Crippen LogP contribution in [0.15, 0.2) is 77.7 Å². The monoisotopic (exact) mass is 459 g/mol. The van der Waals surface area contributed by atoms with E-state index in [1.165, 1.54) is 68.3 Å². The van der Waals surface area contributed by atoms with Crippen molar-refractivity contribution in [2.45, 2.75) is 65.7 Å². The molecule has 1 aromatic rings. The quantitative estimate of drug-likeness (QED) is 0.168. The molecular weight excluding hydrogens is 417 g/mol. The van der Waals surface area contributed by atoms with Crippen molar-refractivity contribution in [3.63, 3.8) is 0 Å². The number of rotatable bonds is 12. The first-order chi connectivity index (χ1) is 14.2. The predicted molar refractivity (Wildman–Crippen MR) is 136 cm³/mol. The third-order valence-corrected chi connectivity index (χ3v) is 9.23. The standard InChI is InChI=1S/C17H32NP.C10H10.Ti/c1-4-7-14-19(15-8-5-2,16-9-6-3)18-17-12-10-11-13-17;1-2-3-7-10-8-5-4-6-9-10;/h10-12H,4-9,13-16H2,1-3H3;2-9H,1H2;. The summed E-state index contributed by atoms with van der Waals surface area (Å²) in [4.78, 5) is 0. The number of benzene rings is 1. The zero-order valence-electron chi connectivity index (χ0n) is 19.5. The first-order valence-corrected chi connectivity index (χ1v) is 13.8. The molecule has 1 nitrogen and oxygen atoms in total. The Hall–Kier alpha value is -0.876. The van der Waals surface area contributed by atoms with Gasteiger partial charge in [-0.2, -0.15) is 0 Å². The van der Waals surface area contributed by atoms with Crippen LogP contribution in [0.2, 0.25) is 0 Å². The van der Waals surface area contributed by atoms with E-state index in [4.69, 9.17) is 4.74 Å². The van der Waals surface area contributed by atoms with E-state index in [9.17, 15) is 0 Å². The molecule has 0 saturated carbocycles. The van der Waals surface area contributed by atoms with Crippen molar-refractivity contribution in [2.24, 2.45) is 4.74 Å². The first kappa shape index (κ1) is 29.1. The second-order valence-electron chi connectivity index (χ2n) is 7.72. The van der Waals surface area contributed by atoms with Gasteiger partial charge in [-0.25, -0.2) is 0 Å². The fraction of sp³-hybridized carbons (Fsp3) is 0.481. The van der Waals surface area contributed by atoms with Gasteiger partial charge in [0, 0.05) is 33.8 Å². The van der Waals surface area contributed by atoms with Crippen LogP contribution in [0, 0.1) is 0 Å². The molecule has 1 aliphatic rings. The molecule has 0 unspecified atom stereocenters. The maximum Gasteiger partial charge on any atom is 0.0425 e. The molecule has 0 bridgehead atoms. The molecule has 1 aromatic carbocycles. The minimum absolute atomic E-state index is 0. The van der Waals surface area contributed by atoms with Crippen LogP contribution in [-0.2, 0) is 21.7 Å². The molecule has 0 atom stereocenters. The third kappa shape index (κ3) is 12.7. The van der Waals surface area contributed by atoms with E-state index in [-0.39, 0.29) is 21.7 Å². The summed E-state index contributed by atoms with van der Waals surface area (Å²) in [6, 6.07) is 10.1. The number of nitrogens with zero attached hydrogens (tertiary/aromatic N) is 1. The van der Waals surface area contributed by atoms with Crippen molar-refractivity contribution in [3.05, 3.63) is 78.6 Å². The van der Waals surface area contributed by atoms with Crippen LogP contribution in [0.5, 0.6) is 0 Å². The minimum Gasteiger partial charge on any atom is -0.272 e. The molecule has 3 heteroatoms. The molecule has 30 heavy (non-hydrogen) atoms. The summed E-state index contributed by atoms with van der Waals surface area (Å²) in [5.41, 5.74) is 2.57. The molecular formula is C27H42NPTi. The van der Waals surface area contributed by atoms with E-state index in [0.717, 1.165) is 6.42 Å². The summed E-state index contributed by atoms with van der Waals surface area (Å²) < 4.78 is 5.33. The maximum absolute atomic E-state index is 5.33. The van der Waals surface area contributed by atoms with Crippen molar-refractivity contribution in [1.29, 1.82) is 0 Å². The van der Waals surface area contributed by atoms with E-state index in [2.05, 4.69) is 57.7 Å². The Morgan fingerprint density at radius 3 is 1.93 bits per heavy atom. The minimum atomic E-state index is -1.08. The van der Waals surface area contributed by atoms with E-state index in [1.807, 2.05) is 30.4 Å². The molecule has 0 fully saturated rings. The van der Waals surface area contributed by atoms with Gasteiger partial charge in [0.25, 0.3) is 0 Å². The van der Waals surface area contributed by atoms with Crippen LogP contribution in [0.1, 0.15) is 71.3 Å². The van der Waals surface area contributed by atoms with Crippen LogP contribution < -0.4 is 0 Å². The number of allylic oxidation sites excluding steroid dienone is 5. The predicted octanol–water partition coefficient (Wildman–Crippen LogP) is 9.31. The van der Waals surface area contributed by atoms with Gasteiger partial charge in [-0.3, -0.25) is 4.74 Å². The number of unbranched alkanes of at least 4 members (excludes halogenated alkanes) is 3. The van der Waals surface area contributed by atoms with Gasteiger partial charge in [0.15, 0.2) is 0 Å². The van der Waals surface area contributed by atoms with Crippen LogP contribution in [0.25, 0.3) is 6.08 Å². The van der Waals surface area contributed by atoms with Gasteiger partial charge in [-0.05, 0) is 56.4 Å². The topological polar surface area (TPSA) is 12.4 Å². The number of hydrogen-bond acceptors (Lipinski definition) is 1. The van der Waals surface area contributed by atoms with Crippen molar-refractivity contribution >= 4 is 13.1 Å². The molecule has 0 saturated heterocycles. The van der Waals surface area contributed by atoms with Gasteiger partial charge < -0.3 is 0 Å². The SMILES string of the molecule is C=CC=Cc1ccccc1.CCCCP(CCCC)(CCCC)=NC1=CC=CC1.[Ti]. The Kier molecular flexibility index (Phi) is 18.3. The molecule has 1 aliphatic carbocycles. The Bertz CT molecular complexity index is 672. The van der Waals surface area contributed by atoms with Gasteiger partial charge >= 0.3 is 0 Å². The van der Waals surface area contributed by atoms with E-state index < -0.39 is 7.05 Å². The Balaban J connectivity index is 0.000000646. The Labute approximate surface area is 201 Å². The summed E-state index contributed by atoms with van der Waals surface area (Å²) in [6.45, 7) is 10.5. The summed E-state index contributed by atoms with van der Waals surface area (Å²) in [5, 5.41) is 0. The number of hydrogen-bond donors (Lipinski definition) is 0. The molecule has 0 spiro atoms. The van der Waals surface area contributed by atoms with Gasteiger partial charge in [0.1, 0.15) is 0 Å². The van der Waals surface area contributed by atoms with Gasteiger partial charge in [0.2, 0.25) is 0 Å². The van der Waals surface area contributed by atoms with Crippen molar-refractivity contribution in [1.82, 2.24) is 0 Å².